The molecule has 12 aromatic carbocycles. The highest BCUT2D eigenvalue weighted by Gasteiger charge is 2.23. The first kappa shape index (κ1) is 38.5. The van der Waals surface area contributed by atoms with Crippen LogP contribution in [0.25, 0.3) is 82.1 Å². The van der Waals surface area contributed by atoms with Crippen LogP contribution in [0.2, 0.25) is 0 Å². The first-order valence-electron chi connectivity index (χ1n) is 23.0. The smallest absolute Gasteiger partial charge is 0.0553 e. The number of fused-ring (bicyclic) bond motifs is 2. The average Bonchev–Trinajstić information content (AvgIpc) is 3.74. The SMILES string of the molecule is c1ccc(N(c2ccccc2)c2cccc3c(-c4cc5ccc6cc(-c7cccc8c(N(c9ccccc9)c9ccccc9)cccc78)cc7c6c5c(c4)n7-c4ccccc4)cccc23)cc1. The summed E-state index contributed by atoms with van der Waals surface area (Å²) in [5.41, 5.74) is 15.1. The van der Waals surface area contributed by atoms with Crippen LogP contribution in [0.1, 0.15) is 0 Å². The van der Waals surface area contributed by atoms with Gasteiger partial charge in [0, 0.05) is 50.0 Å². The van der Waals surface area contributed by atoms with E-state index in [-0.39, 0.29) is 0 Å². The van der Waals surface area contributed by atoms with Crippen LogP contribution in [0.4, 0.5) is 34.1 Å². The largest absolute Gasteiger partial charge is 0.310 e. The molecule has 0 aliphatic carbocycles. The topological polar surface area (TPSA) is 11.4 Å². The molecule has 0 fully saturated rings. The van der Waals surface area contributed by atoms with E-state index in [2.05, 4.69) is 275 Å². The van der Waals surface area contributed by atoms with E-state index in [0.29, 0.717) is 0 Å². The van der Waals surface area contributed by atoms with Crippen molar-refractivity contribution in [2.75, 3.05) is 9.80 Å². The van der Waals surface area contributed by atoms with Gasteiger partial charge in [0.1, 0.15) is 0 Å². The molecule has 314 valence electrons. The molecule has 13 rings (SSSR count). The van der Waals surface area contributed by atoms with Gasteiger partial charge in [0.25, 0.3) is 0 Å². The lowest BCUT2D eigenvalue weighted by molar-refractivity contribution is 1.18. The second-order valence-electron chi connectivity index (χ2n) is 17.3. The van der Waals surface area contributed by atoms with Gasteiger partial charge in [-0.05, 0) is 141 Å². The summed E-state index contributed by atoms with van der Waals surface area (Å²) < 4.78 is 2.49. The fourth-order valence-corrected chi connectivity index (χ4v) is 10.6. The molecule has 67 heavy (non-hydrogen) atoms. The van der Waals surface area contributed by atoms with Gasteiger partial charge in [-0.15, -0.1) is 0 Å². The highest BCUT2D eigenvalue weighted by atomic mass is 15.1. The van der Waals surface area contributed by atoms with Crippen molar-refractivity contribution in [3.8, 4) is 27.9 Å². The number of para-hydroxylation sites is 5. The van der Waals surface area contributed by atoms with Crippen LogP contribution >= 0.6 is 0 Å². The standard InChI is InChI=1S/C64H43N3/c1-6-20-48(21-7-1)65(49-22-8-2-9-23-49)59-36-18-32-55-53(30-16-34-57(55)59)46-40-44-38-39-45-41-47(43-62-64(45)63(44)61(42-46)67(62)52-28-14-5-15-29-52)54-31-17-35-58-56(54)33-19-37-60(58)66(50-24-10-3-11-25-50)51-26-12-4-13-27-51/h1-43H. The average molecular weight is 854 g/mol. The van der Waals surface area contributed by atoms with Crippen LogP contribution in [-0.4, -0.2) is 4.57 Å². The van der Waals surface area contributed by atoms with Gasteiger partial charge < -0.3 is 14.4 Å². The minimum atomic E-state index is 1.12. The third kappa shape index (κ3) is 6.43. The maximum atomic E-state index is 2.49. The number of anilines is 6. The van der Waals surface area contributed by atoms with Crippen molar-refractivity contribution in [1.29, 1.82) is 0 Å². The van der Waals surface area contributed by atoms with E-state index in [4.69, 9.17) is 0 Å². The normalized spacial score (nSPS) is 11.6. The molecule has 0 aliphatic heterocycles. The summed E-state index contributed by atoms with van der Waals surface area (Å²) in [6.07, 6.45) is 0. The van der Waals surface area contributed by atoms with Crippen molar-refractivity contribution < 1.29 is 0 Å². The zero-order chi connectivity index (χ0) is 44.3. The maximum absolute atomic E-state index is 2.49. The Morgan fingerprint density at radius 1 is 0.269 bits per heavy atom. The van der Waals surface area contributed by atoms with E-state index < -0.39 is 0 Å². The van der Waals surface area contributed by atoms with Gasteiger partial charge in [-0.1, -0.05) is 164 Å². The zero-order valence-electron chi connectivity index (χ0n) is 36.7. The Kier molecular flexibility index (Phi) is 9.17. The molecule has 0 aliphatic rings. The summed E-state index contributed by atoms with van der Waals surface area (Å²) in [5.74, 6) is 0. The van der Waals surface area contributed by atoms with Gasteiger partial charge in [-0.25, -0.2) is 0 Å². The zero-order valence-corrected chi connectivity index (χ0v) is 36.7. The summed E-state index contributed by atoms with van der Waals surface area (Å²) in [6, 6.07) is 94.9. The molecular formula is C64H43N3. The highest BCUT2D eigenvalue weighted by Crippen LogP contribution is 2.47. The quantitative estimate of drug-likeness (QED) is 0.134. The van der Waals surface area contributed by atoms with E-state index in [9.17, 15) is 0 Å². The Bertz CT molecular complexity index is 3580. The van der Waals surface area contributed by atoms with Crippen molar-refractivity contribution in [2.45, 2.75) is 0 Å². The van der Waals surface area contributed by atoms with Crippen molar-refractivity contribution in [1.82, 2.24) is 4.57 Å². The Morgan fingerprint density at radius 2 is 0.612 bits per heavy atom. The predicted molar refractivity (Wildman–Crippen MR) is 285 cm³/mol. The highest BCUT2D eigenvalue weighted by molar-refractivity contribution is 6.26. The molecule has 1 aromatic heterocycles. The number of nitrogens with zero attached hydrogens (tertiary/aromatic N) is 3. The van der Waals surface area contributed by atoms with Crippen LogP contribution in [0.15, 0.2) is 261 Å². The van der Waals surface area contributed by atoms with Gasteiger partial charge >= 0.3 is 0 Å². The second kappa shape index (κ2) is 16.0. The molecule has 0 spiro atoms. The third-order valence-corrected chi connectivity index (χ3v) is 13.4. The Morgan fingerprint density at radius 3 is 1.00 bits per heavy atom. The summed E-state index contributed by atoms with van der Waals surface area (Å²) in [4.78, 5) is 4.74. The minimum absolute atomic E-state index is 1.12. The van der Waals surface area contributed by atoms with Crippen molar-refractivity contribution in [3.63, 3.8) is 0 Å². The van der Waals surface area contributed by atoms with Crippen molar-refractivity contribution >= 4 is 88.2 Å². The Balaban J connectivity index is 1.01. The molecule has 0 N–H and O–H groups in total. The fraction of sp³-hybridized carbons (Fsp3) is 0. The monoisotopic (exact) mass is 853 g/mol. The van der Waals surface area contributed by atoms with Gasteiger partial charge in [0.05, 0.1) is 22.4 Å². The third-order valence-electron chi connectivity index (χ3n) is 13.4. The van der Waals surface area contributed by atoms with Gasteiger partial charge in [-0.3, -0.25) is 0 Å². The maximum Gasteiger partial charge on any atom is 0.0553 e. The lowest BCUT2D eigenvalue weighted by atomic mass is 9.92. The number of hydrogen-bond donors (Lipinski definition) is 0. The molecule has 0 radical (unpaired) electrons. The molecule has 0 bridgehead atoms. The molecule has 1 heterocycles. The fourth-order valence-electron chi connectivity index (χ4n) is 10.6. The van der Waals surface area contributed by atoms with Crippen LogP contribution in [0.5, 0.6) is 0 Å². The van der Waals surface area contributed by atoms with Crippen LogP contribution in [0.3, 0.4) is 0 Å². The van der Waals surface area contributed by atoms with Gasteiger partial charge in [0.15, 0.2) is 0 Å². The van der Waals surface area contributed by atoms with Gasteiger partial charge in [0.2, 0.25) is 0 Å². The number of hydrogen-bond acceptors (Lipinski definition) is 2. The van der Waals surface area contributed by atoms with E-state index in [1.54, 1.807) is 0 Å². The van der Waals surface area contributed by atoms with Gasteiger partial charge in [-0.2, -0.15) is 0 Å². The summed E-state index contributed by atoms with van der Waals surface area (Å²) in [5, 5.41) is 9.84. The van der Waals surface area contributed by atoms with E-state index >= 15 is 0 Å². The molecule has 13 aromatic rings. The van der Waals surface area contributed by atoms with E-state index in [0.717, 1.165) is 39.8 Å². The summed E-state index contributed by atoms with van der Waals surface area (Å²) in [7, 11) is 0. The summed E-state index contributed by atoms with van der Waals surface area (Å²) >= 11 is 0. The second-order valence-corrected chi connectivity index (χ2v) is 17.3. The van der Waals surface area contributed by atoms with Crippen molar-refractivity contribution in [3.05, 3.63) is 261 Å². The number of benzene rings is 12. The molecule has 0 atom stereocenters. The van der Waals surface area contributed by atoms with Crippen LogP contribution < -0.4 is 9.80 Å². The van der Waals surface area contributed by atoms with Crippen molar-refractivity contribution in [2.24, 2.45) is 0 Å². The molecule has 3 nitrogen and oxygen atoms in total. The predicted octanol–water partition coefficient (Wildman–Crippen LogP) is 18.0. The first-order chi connectivity index (χ1) is 33.3. The molecular weight excluding hydrogens is 811 g/mol. The number of rotatable bonds is 9. The number of aromatic nitrogens is 1. The Labute approximate surface area is 389 Å². The lowest BCUT2D eigenvalue weighted by Gasteiger charge is -2.27. The summed E-state index contributed by atoms with van der Waals surface area (Å²) in [6.45, 7) is 0. The Hall–Kier alpha value is -8.92. The molecule has 0 unspecified atom stereocenters. The van der Waals surface area contributed by atoms with Crippen LogP contribution in [0, 0.1) is 0 Å². The molecule has 0 saturated carbocycles. The first-order valence-corrected chi connectivity index (χ1v) is 23.0. The van der Waals surface area contributed by atoms with Crippen LogP contribution in [-0.2, 0) is 0 Å². The van der Waals surface area contributed by atoms with E-state index in [1.807, 2.05) is 0 Å². The molecule has 0 amide bonds. The minimum Gasteiger partial charge on any atom is -0.310 e. The molecule has 3 heteroatoms. The lowest BCUT2D eigenvalue weighted by Crippen LogP contribution is -2.10. The molecule has 0 saturated heterocycles. The van der Waals surface area contributed by atoms with E-state index in [1.165, 1.54) is 76.4 Å².